The second-order valence-electron chi connectivity index (χ2n) is 4.98. The van der Waals surface area contributed by atoms with Gasteiger partial charge in [-0.2, -0.15) is 9.49 Å². The monoisotopic (exact) mass is 329 g/mol. The zero-order valence-electron chi connectivity index (χ0n) is 13.1. The molecule has 0 fully saturated rings. The number of hydrogen-bond acceptors (Lipinski definition) is 6. The smallest absolute Gasteiger partial charge is 0.358 e. The Bertz CT molecular complexity index is 865. The molecule has 3 heterocycles. The number of nitrogens with one attached hydrogen (secondary N) is 1. The van der Waals surface area contributed by atoms with E-state index in [1.807, 2.05) is 0 Å². The molecule has 0 unspecified atom stereocenters. The van der Waals surface area contributed by atoms with Gasteiger partial charge in [0.1, 0.15) is 5.52 Å². The van der Waals surface area contributed by atoms with Crippen LogP contribution in [0.5, 0.6) is 0 Å². The van der Waals surface area contributed by atoms with E-state index in [4.69, 9.17) is 4.74 Å². The third kappa shape index (κ3) is 3.48. The number of hydrogen-bond donors (Lipinski definition) is 1. The molecule has 0 saturated carbocycles. The number of carbonyl (C=O) groups excluding carboxylic acids is 1. The number of carbonyl (C=O) groups is 1. The average molecular weight is 329 g/mol. The summed E-state index contributed by atoms with van der Waals surface area (Å²) in [6.07, 6.45) is 3.77. The van der Waals surface area contributed by atoms with Crippen molar-refractivity contribution in [2.24, 2.45) is 0 Å². The minimum absolute atomic E-state index is 0.222. The third-order valence-electron chi connectivity index (χ3n) is 3.32. The minimum Gasteiger partial charge on any atom is -0.461 e. The van der Waals surface area contributed by atoms with Crippen molar-refractivity contribution < 1.29 is 13.9 Å². The fourth-order valence-corrected chi connectivity index (χ4v) is 2.26. The van der Waals surface area contributed by atoms with Crippen LogP contribution in [0.15, 0.2) is 36.7 Å². The zero-order chi connectivity index (χ0) is 16.9. The number of ether oxygens (including phenoxy) is 1. The summed E-state index contributed by atoms with van der Waals surface area (Å²) in [7, 11) is 0. The Morgan fingerprint density at radius 2 is 2.29 bits per heavy atom. The first-order chi connectivity index (χ1) is 11.7. The Morgan fingerprint density at radius 3 is 3.08 bits per heavy atom. The van der Waals surface area contributed by atoms with Gasteiger partial charge in [-0.1, -0.05) is 6.07 Å². The van der Waals surface area contributed by atoms with Crippen LogP contribution in [0.3, 0.4) is 0 Å². The van der Waals surface area contributed by atoms with Gasteiger partial charge in [-0.3, -0.25) is 0 Å². The van der Waals surface area contributed by atoms with Crippen molar-refractivity contribution in [1.82, 2.24) is 19.6 Å². The maximum Gasteiger partial charge on any atom is 0.358 e. The summed E-state index contributed by atoms with van der Waals surface area (Å²) in [5, 5.41) is 7.32. The van der Waals surface area contributed by atoms with Gasteiger partial charge >= 0.3 is 5.97 Å². The second-order valence-corrected chi connectivity index (χ2v) is 4.98. The first-order valence-corrected chi connectivity index (χ1v) is 7.54. The predicted octanol–water partition coefficient (Wildman–Crippen LogP) is 2.09. The largest absolute Gasteiger partial charge is 0.461 e. The summed E-state index contributed by atoms with van der Waals surface area (Å²) < 4.78 is 19.6. The van der Waals surface area contributed by atoms with E-state index >= 15 is 0 Å². The molecule has 0 saturated heterocycles. The topological polar surface area (TPSA) is 81.4 Å². The van der Waals surface area contributed by atoms with Crippen molar-refractivity contribution in [2.45, 2.75) is 13.3 Å². The maximum atomic E-state index is 13.1. The lowest BCUT2D eigenvalue weighted by Crippen LogP contribution is -2.08. The van der Waals surface area contributed by atoms with E-state index in [2.05, 4.69) is 20.4 Å². The Morgan fingerprint density at radius 1 is 1.42 bits per heavy atom. The molecule has 0 aliphatic rings. The van der Waals surface area contributed by atoms with Crippen LogP contribution in [0.1, 0.15) is 23.1 Å². The quantitative estimate of drug-likeness (QED) is 0.551. The summed E-state index contributed by atoms with van der Waals surface area (Å²) in [6.45, 7) is 2.54. The van der Waals surface area contributed by atoms with E-state index in [0.717, 1.165) is 0 Å². The molecule has 8 heteroatoms. The number of esters is 1. The SMILES string of the molecule is CCOC(=O)c1cc2c(NCCc3cccc(F)n3)nccn2n1. The number of nitrogens with zero attached hydrogens (tertiary/aromatic N) is 4. The van der Waals surface area contributed by atoms with Crippen LogP contribution < -0.4 is 5.32 Å². The van der Waals surface area contributed by atoms with E-state index in [1.165, 1.54) is 6.07 Å². The van der Waals surface area contributed by atoms with Crippen LogP contribution in [0.25, 0.3) is 5.52 Å². The summed E-state index contributed by atoms with van der Waals surface area (Å²) in [5.74, 6) is -0.393. The van der Waals surface area contributed by atoms with Crippen LogP contribution >= 0.6 is 0 Å². The van der Waals surface area contributed by atoms with E-state index < -0.39 is 11.9 Å². The van der Waals surface area contributed by atoms with Gasteiger partial charge in [0.2, 0.25) is 5.95 Å². The number of halogens is 1. The molecule has 3 rings (SSSR count). The highest BCUT2D eigenvalue weighted by Crippen LogP contribution is 2.15. The number of pyridine rings is 1. The summed E-state index contributed by atoms with van der Waals surface area (Å²) >= 11 is 0. The lowest BCUT2D eigenvalue weighted by Gasteiger charge is -2.06. The van der Waals surface area contributed by atoms with Gasteiger partial charge in [-0.25, -0.2) is 19.3 Å². The molecule has 0 amide bonds. The normalized spacial score (nSPS) is 10.8. The second kappa shape index (κ2) is 7.03. The number of aromatic nitrogens is 4. The Kier molecular flexibility index (Phi) is 4.64. The van der Waals surface area contributed by atoms with Crippen LogP contribution in [0.4, 0.5) is 10.2 Å². The maximum absolute atomic E-state index is 13.1. The molecular weight excluding hydrogens is 313 g/mol. The van der Waals surface area contributed by atoms with Crippen LogP contribution in [-0.2, 0) is 11.2 Å². The van der Waals surface area contributed by atoms with Gasteiger partial charge in [-0.05, 0) is 19.1 Å². The molecule has 0 bridgehead atoms. The fraction of sp³-hybridized carbons (Fsp3) is 0.250. The first-order valence-electron chi connectivity index (χ1n) is 7.54. The van der Waals surface area contributed by atoms with Crippen molar-refractivity contribution in [1.29, 1.82) is 0 Å². The standard InChI is InChI=1S/C16H16FN5O2/c1-2-24-16(23)12-10-13-15(19-8-9-22(13)21-12)18-7-6-11-4-3-5-14(17)20-11/h3-5,8-10H,2,6-7H2,1H3,(H,18,19). The molecule has 0 aliphatic carbocycles. The van der Waals surface area contributed by atoms with Gasteiger partial charge in [0, 0.05) is 37.1 Å². The summed E-state index contributed by atoms with van der Waals surface area (Å²) in [4.78, 5) is 19.8. The van der Waals surface area contributed by atoms with Gasteiger partial charge < -0.3 is 10.1 Å². The van der Waals surface area contributed by atoms with E-state index in [0.29, 0.717) is 30.0 Å². The number of anilines is 1. The molecule has 0 aromatic carbocycles. The molecule has 0 atom stereocenters. The molecular formula is C16H16FN5O2. The molecule has 0 spiro atoms. The molecule has 124 valence electrons. The number of rotatable bonds is 6. The van der Waals surface area contributed by atoms with Crippen molar-refractivity contribution in [3.05, 3.63) is 54.0 Å². The minimum atomic E-state index is -0.498. The van der Waals surface area contributed by atoms with E-state index in [1.54, 1.807) is 42.0 Å². The van der Waals surface area contributed by atoms with Crippen LogP contribution in [0.2, 0.25) is 0 Å². The summed E-state index contributed by atoms with van der Waals surface area (Å²) in [6, 6.07) is 6.31. The molecule has 7 nitrogen and oxygen atoms in total. The van der Waals surface area contributed by atoms with Gasteiger partial charge in [0.15, 0.2) is 11.5 Å². The molecule has 0 aliphatic heterocycles. The highest BCUT2D eigenvalue weighted by molar-refractivity contribution is 5.90. The molecule has 1 N–H and O–H groups in total. The first kappa shape index (κ1) is 15.9. The van der Waals surface area contributed by atoms with Crippen molar-refractivity contribution in [2.75, 3.05) is 18.5 Å². The lowest BCUT2D eigenvalue weighted by atomic mass is 10.2. The van der Waals surface area contributed by atoms with Crippen molar-refractivity contribution >= 4 is 17.3 Å². The molecule has 3 aromatic heterocycles. The van der Waals surface area contributed by atoms with Crippen molar-refractivity contribution in [3.63, 3.8) is 0 Å². The Hall–Kier alpha value is -3.03. The molecule has 3 aromatic rings. The van der Waals surface area contributed by atoms with E-state index in [9.17, 15) is 9.18 Å². The van der Waals surface area contributed by atoms with Gasteiger partial charge in [0.25, 0.3) is 0 Å². The summed E-state index contributed by atoms with van der Waals surface area (Å²) in [5.41, 5.74) is 1.53. The predicted molar refractivity (Wildman–Crippen MR) is 85.3 cm³/mol. The zero-order valence-corrected chi connectivity index (χ0v) is 13.1. The van der Waals surface area contributed by atoms with Crippen LogP contribution in [0, 0.1) is 5.95 Å². The van der Waals surface area contributed by atoms with Crippen molar-refractivity contribution in [3.8, 4) is 0 Å². The molecule has 24 heavy (non-hydrogen) atoms. The van der Waals surface area contributed by atoms with Crippen LogP contribution in [-0.4, -0.2) is 38.7 Å². The Labute approximate surface area is 137 Å². The fourth-order valence-electron chi connectivity index (χ4n) is 2.26. The average Bonchev–Trinajstić information content (AvgIpc) is 3.00. The third-order valence-corrected chi connectivity index (χ3v) is 3.32. The van der Waals surface area contributed by atoms with Gasteiger partial charge in [0.05, 0.1) is 6.61 Å². The van der Waals surface area contributed by atoms with Gasteiger partial charge in [-0.15, -0.1) is 0 Å². The molecule has 0 radical (unpaired) electrons. The highest BCUT2D eigenvalue weighted by atomic mass is 19.1. The number of fused-ring (bicyclic) bond motifs is 1. The van der Waals surface area contributed by atoms with E-state index in [-0.39, 0.29) is 12.3 Å². The Balaban J connectivity index is 1.73. The lowest BCUT2D eigenvalue weighted by molar-refractivity contribution is 0.0519. The highest BCUT2D eigenvalue weighted by Gasteiger charge is 2.14.